The van der Waals surface area contributed by atoms with E-state index in [2.05, 4.69) is 5.16 Å². The fraction of sp³-hybridized carbons (Fsp3) is 0.409. The summed E-state index contributed by atoms with van der Waals surface area (Å²) in [4.78, 5) is 0. The highest BCUT2D eigenvalue weighted by Crippen LogP contribution is 2.34. The van der Waals surface area contributed by atoms with Crippen LogP contribution in [0.4, 0.5) is 0 Å². The molecule has 0 amide bonds. The van der Waals surface area contributed by atoms with E-state index in [1.165, 1.54) is 0 Å². The Bertz CT molecular complexity index is 1050. The van der Waals surface area contributed by atoms with E-state index < -0.39 is 43.2 Å². The van der Waals surface area contributed by atoms with Crippen LogP contribution in [-0.4, -0.2) is 67.8 Å². The van der Waals surface area contributed by atoms with E-state index in [1.54, 1.807) is 6.07 Å². The first-order valence-electron chi connectivity index (χ1n) is 9.77. The van der Waals surface area contributed by atoms with Gasteiger partial charge in [0.1, 0.15) is 36.6 Å². The molecular weight excluding hydrogens is 390 g/mol. The average Bonchev–Trinajstić information content (AvgIpc) is 3.12. The van der Waals surface area contributed by atoms with Gasteiger partial charge in [-0.2, -0.15) is 0 Å². The minimum atomic E-state index is -1.53. The fourth-order valence-corrected chi connectivity index (χ4v) is 3.99. The lowest BCUT2D eigenvalue weighted by Gasteiger charge is -2.42. The second-order valence-electron chi connectivity index (χ2n) is 7.79. The van der Waals surface area contributed by atoms with Crippen molar-refractivity contribution in [1.82, 2.24) is 5.16 Å². The van der Waals surface area contributed by atoms with Crippen LogP contribution < -0.4 is 0 Å². The Balaban J connectivity index is 1.63. The number of aliphatic hydroxyl groups is 5. The Morgan fingerprint density at radius 2 is 1.67 bits per heavy atom. The second kappa shape index (κ2) is 8.07. The van der Waals surface area contributed by atoms with Gasteiger partial charge in [0.05, 0.1) is 12.3 Å². The molecule has 2 aromatic carbocycles. The van der Waals surface area contributed by atoms with Crippen molar-refractivity contribution in [2.75, 3.05) is 6.61 Å². The number of hydrogen-bond donors (Lipinski definition) is 5. The predicted octanol–water partition coefficient (Wildman–Crippen LogP) is 0.987. The van der Waals surface area contributed by atoms with Crippen molar-refractivity contribution in [3.05, 3.63) is 53.2 Å². The number of rotatable bonds is 4. The average molecular weight is 415 g/mol. The van der Waals surface area contributed by atoms with Gasteiger partial charge in [-0.05, 0) is 48.2 Å². The van der Waals surface area contributed by atoms with E-state index in [9.17, 15) is 25.5 Å². The number of benzene rings is 2. The van der Waals surface area contributed by atoms with E-state index in [4.69, 9.17) is 9.26 Å². The quantitative estimate of drug-likeness (QED) is 0.426. The van der Waals surface area contributed by atoms with Crippen molar-refractivity contribution in [3.63, 3.8) is 0 Å². The van der Waals surface area contributed by atoms with Gasteiger partial charge < -0.3 is 34.8 Å². The third-order valence-corrected chi connectivity index (χ3v) is 5.81. The third kappa shape index (κ3) is 3.51. The normalized spacial score (nSPS) is 28.0. The van der Waals surface area contributed by atoms with Crippen molar-refractivity contribution in [1.29, 1.82) is 0 Å². The summed E-state index contributed by atoms with van der Waals surface area (Å²) in [7, 11) is 0. The van der Waals surface area contributed by atoms with Gasteiger partial charge in [0.15, 0.2) is 5.58 Å². The van der Waals surface area contributed by atoms with Crippen LogP contribution >= 0.6 is 0 Å². The molecule has 6 atom stereocenters. The lowest BCUT2D eigenvalue weighted by molar-refractivity contribution is -0.250. The molecule has 0 radical (unpaired) electrons. The summed E-state index contributed by atoms with van der Waals surface area (Å²) in [6.45, 7) is 3.16. The molecule has 8 heteroatoms. The highest BCUT2D eigenvalue weighted by atomic mass is 16.6. The van der Waals surface area contributed by atoms with Crippen LogP contribution in [-0.2, 0) is 4.74 Å². The number of hydrogen-bond acceptors (Lipinski definition) is 8. The van der Waals surface area contributed by atoms with Crippen molar-refractivity contribution in [2.45, 2.75) is 50.5 Å². The van der Waals surface area contributed by atoms with E-state index >= 15 is 0 Å². The van der Waals surface area contributed by atoms with Gasteiger partial charge in [0, 0.05) is 5.39 Å². The maximum atomic E-state index is 10.8. The molecule has 4 rings (SSSR count). The zero-order valence-corrected chi connectivity index (χ0v) is 16.6. The minimum absolute atomic E-state index is 0.519. The highest BCUT2D eigenvalue weighted by molar-refractivity contribution is 5.85. The van der Waals surface area contributed by atoms with Gasteiger partial charge in [0.2, 0.25) is 0 Å². The largest absolute Gasteiger partial charge is 0.394 e. The number of aliphatic hydroxyl groups excluding tert-OH is 5. The van der Waals surface area contributed by atoms with Gasteiger partial charge in [-0.1, -0.05) is 29.4 Å². The molecule has 1 aliphatic heterocycles. The lowest BCUT2D eigenvalue weighted by Crippen LogP contribution is -2.59. The summed E-state index contributed by atoms with van der Waals surface area (Å²) < 4.78 is 10.7. The van der Waals surface area contributed by atoms with Crippen LogP contribution in [0.25, 0.3) is 22.1 Å². The van der Waals surface area contributed by atoms with E-state index in [0.29, 0.717) is 11.1 Å². The van der Waals surface area contributed by atoms with Crippen LogP contribution in [0.2, 0.25) is 0 Å². The molecule has 1 fully saturated rings. The molecule has 5 N–H and O–H groups in total. The third-order valence-electron chi connectivity index (χ3n) is 5.81. The maximum absolute atomic E-state index is 10.8. The molecule has 0 bridgehead atoms. The summed E-state index contributed by atoms with van der Waals surface area (Å²) in [6.07, 6.45) is -8.02. The highest BCUT2D eigenvalue weighted by Gasteiger charge is 2.46. The zero-order chi connectivity index (χ0) is 21.6. The van der Waals surface area contributed by atoms with Crippen LogP contribution in [0.3, 0.4) is 0 Å². The van der Waals surface area contributed by atoms with Crippen LogP contribution in [0.5, 0.6) is 0 Å². The first-order valence-corrected chi connectivity index (χ1v) is 9.77. The Hall–Kier alpha value is -2.33. The van der Waals surface area contributed by atoms with Gasteiger partial charge >= 0.3 is 0 Å². The molecule has 1 aromatic heterocycles. The smallest absolute Gasteiger partial charge is 0.167 e. The van der Waals surface area contributed by atoms with Gasteiger partial charge in [-0.3, -0.25) is 0 Å². The zero-order valence-electron chi connectivity index (χ0n) is 16.6. The molecule has 8 nitrogen and oxygen atoms in total. The molecule has 3 unspecified atom stereocenters. The summed E-state index contributed by atoms with van der Waals surface area (Å²) in [6, 6.07) is 11.3. The lowest BCUT2D eigenvalue weighted by atomic mass is 9.88. The van der Waals surface area contributed by atoms with E-state index in [-0.39, 0.29) is 0 Å². The van der Waals surface area contributed by atoms with Crippen LogP contribution in [0.15, 0.2) is 40.9 Å². The van der Waals surface area contributed by atoms with Crippen LogP contribution in [0.1, 0.15) is 22.9 Å². The molecule has 30 heavy (non-hydrogen) atoms. The van der Waals surface area contributed by atoms with E-state index in [1.807, 2.05) is 44.2 Å². The number of ether oxygens (including phenoxy) is 1. The van der Waals surface area contributed by atoms with Gasteiger partial charge in [-0.25, -0.2) is 0 Å². The molecule has 2 heterocycles. The molecule has 0 saturated carbocycles. The first kappa shape index (κ1) is 20.9. The second-order valence-corrected chi connectivity index (χ2v) is 7.79. The van der Waals surface area contributed by atoms with Crippen molar-refractivity contribution >= 4 is 11.0 Å². The molecule has 3 aromatic rings. The fourth-order valence-electron chi connectivity index (χ4n) is 3.99. The SMILES string of the molecule is Cc1cc(-c2ccc3onc(C)c3c2)ccc1[C@@H](O)[C@H]1OC(CO)[C@@H](O)C(O)C1O. The van der Waals surface area contributed by atoms with E-state index in [0.717, 1.165) is 27.8 Å². The monoisotopic (exact) mass is 415 g/mol. The molecule has 0 spiro atoms. The topological polar surface area (TPSA) is 136 Å². The van der Waals surface area contributed by atoms with Crippen LogP contribution in [0, 0.1) is 13.8 Å². The molecule has 1 saturated heterocycles. The maximum Gasteiger partial charge on any atom is 0.167 e. The predicted molar refractivity (Wildman–Crippen MR) is 108 cm³/mol. The number of aromatic nitrogens is 1. The van der Waals surface area contributed by atoms with Gasteiger partial charge in [-0.15, -0.1) is 0 Å². The molecule has 0 aliphatic carbocycles. The summed E-state index contributed by atoms with van der Waals surface area (Å²) in [5.41, 5.74) is 4.69. The summed E-state index contributed by atoms with van der Waals surface area (Å²) in [5.74, 6) is 0. The molecular formula is C22H25NO7. The van der Waals surface area contributed by atoms with Crippen molar-refractivity contribution in [3.8, 4) is 11.1 Å². The summed E-state index contributed by atoms with van der Waals surface area (Å²) in [5, 5.41) is 55.3. The van der Waals surface area contributed by atoms with Crippen molar-refractivity contribution < 1.29 is 34.8 Å². The van der Waals surface area contributed by atoms with Crippen molar-refractivity contribution in [2.24, 2.45) is 0 Å². The first-order chi connectivity index (χ1) is 14.3. The number of fused-ring (bicyclic) bond motifs is 1. The summed E-state index contributed by atoms with van der Waals surface area (Å²) >= 11 is 0. The minimum Gasteiger partial charge on any atom is -0.394 e. The van der Waals surface area contributed by atoms with Gasteiger partial charge in [0.25, 0.3) is 0 Å². The number of nitrogens with zero attached hydrogens (tertiary/aromatic N) is 1. The Kier molecular flexibility index (Phi) is 5.63. The Labute approximate surface area is 172 Å². The molecule has 160 valence electrons. The standard InChI is InChI=1S/C22H25NO7/c1-10-7-12(13-4-6-16-15(8-13)11(2)23-30-16)3-5-14(10)18(25)22-21(28)20(27)19(26)17(9-24)29-22/h3-8,17-22,24-28H,9H2,1-2H3/t17?,18-,19-,20?,21?,22-/m1/s1. The Morgan fingerprint density at radius 1 is 0.967 bits per heavy atom. The number of aryl methyl sites for hydroxylation is 2. The molecule has 1 aliphatic rings. The Morgan fingerprint density at radius 3 is 2.37 bits per heavy atom.